The van der Waals surface area contributed by atoms with E-state index < -0.39 is 0 Å². The van der Waals surface area contributed by atoms with Crippen molar-refractivity contribution in [1.82, 2.24) is 10.1 Å². The van der Waals surface area contributed by atoms with Crippen LogP contribution in [0.25, 0.3) is 11.4 Å². The average Bonchev–Trinajstić information content (AvgIpc) is 3.35. The fourth-order valence-corrected chi connectivity index (χ4v) is 3.43. The van der Waals surface area contributed by atoms with Gasteiger partial charge in [-0.25, -0.2) is 0 Å². The van der Waals surface area contributed by atoms with Gasteiger partial charge in [-0.1, -0.05) is 35.5 Å². The van der Waals surface area contributed by atoms with Crippen LogP contribution in [0.5, 0.6) is 11.5 Å². The predicted molar refractivity (Wildman–Crippen MR) is 96.9 cm³/mol. The second-order valence-corrected chi connectivity index (χ2v) is 6.56. The molecule has 0 unspecified atom stereocenters. The van der Waals surface area contributed by atoms with Crippen molar-refractivity contribution in [3.05, 3.63) is 54.4 Å². The highest BCUT2D eigenvalue weighted by atomic mass is 16.6. The summed E-state index contributed by atoms with van der Waals surface area (Å²) in [6.07, 6.45) is 0.338. The quantitative estimate of drug-likeness (QED) is 0.712. The molecule has 0 spiro atoms. The molecule has 3 aromatic rings. The molecule has 1 saturated heterocycles. The molecule has 0 saturated carbocycles. The smallest absolute Gasteiger partial charge is 0.232 e. The first-order valence-corrected chi connectivity index (χ1v) is 8.87. The zero-order chi connectivity index (χ0) is 18.2. The van der Waals surface area contributed by atoms with Crippen molar-refractivity contribution in [3.8, 4) is 22.9 Å². The number of fused-ring (bicyclic) bond motifs is 1. The Balaban J connectivity index is 1.37. The molecule has 3 heterocycles. The van der Waals surface area contributed by atoms with Crippen LogP contribution in [-0.4, -0.2) is 35.8 Å². The molecule has 5 rings (SSSR count). The van der Waals surface area contributed by atoms with E-state index in [2.05, 4.69) is 10.1 Å². The van der Waals surface area contributed by atoms with E-state index in [0.717, 1.165) is 11.3 Å². The molecule has 1 aromatic heterocycles. The lowest BCUT2D eigenvalue weighted by atomic mass is 10.1. The van der Waals surface area contributed by atoms with E-state index in [0.29, 0.717) is 49.4 Å². The Morgan fingerprint density at radius 3 is 2.67 bits per heavy atom. The molecule has 1 atom stereocenters. The zero-order valence-electron chi connectivity index (χ0n) is 14.5. The number of aromatic nitrogens is 2. The van der Waals surface area contributed by atoms with Crippen molar-refractivity contribution in [1.29, 1.82) is 0 Å². The minimum atomic E-state index is -0.129. The van der Waals surface area contributed by atoms with Crippen LogP contribution in [0, 0.1) is 0 Å². The SMILES string of the molecule is O=C1C[C@@H](c2nc(-c3ccccc3)no2)CN1c1ccc2c(c1)OCCO2. The Kier molecular flexibility index (Phi) is 3.78. The third kappa shape index (κ3) is 2.91. The normalized spacial score (nSPS) is 18.7. The maximum atomic E-state index is 12.6. The van der Waals surface area contributed by atoms with E-state index >= 15 is 0 Å². The molecular formula is C20H17N3O4. The molecule has 136 valence electrons. The summed E-state index contributed by atoms with van der Waals surface area (Å²) in [7, 11) is 0. The largest absolute Gasteiger partial charge is 0.486 e. The van der Waals surface area contributed by atoms with E-state index in [9.17, 15) is 4.79 Å². The first-order valence-electron chi connectivity index (χ1n) is 8.87. The monoisotopic (exact) mass is 363 g/mol. The van der Waals surface area contributed by atoms with Crippen LogP contribution in [-0.2, 0) is 4.79 Å². The summed E-state index contributed by atoms with van der Waals surface area (Å²) in [6.45, 7) is 1.55. The van der Waals surface area contributed by atoms with Crippen molar-refractivity contribution in [2.24, 2.45) is 0 Å². The van der Waals surface area contributed by atoms with Crippen LogP contribution in [0.3, 0.4) is 0 Å². The minimum absolute atomic E-state index is 0.0242. The fourth-order valence-electron chi connectivity index (χ4n) is 3.43. The summed E-state index contributed by atoms with van der Waals surface area (Å²) in [4.78, 5) is 18.8. The third-order valence-electron chi connectivity index (χ3n) is 4.79. The molecule has 7 heteroatoms. The van der Waals surface area contributed by atoms with E-state index in [-0.39, 0.29) is 11.8 Å². The molecule has 2 aromatic carbocycles. The van der Waals surface area contributed by atoms with Gasteiger partial charge in [0.25, 0.3) is 0 Å². The maximum Gasteiger partial charge on any atom is 0.232 e. The van der Waals surface area contributed by atoms with E-state index in [4.69, 9.17) is 14.0 Å². The van der Waals surface area contributed by atoms with Gasteiger partial charge in [0.1, 0.15) is 13.2 Å². The third-order valence-corrected chi connectivity index (χ3v) is 4.79. The number of amides is 1. The Bertz CT molecular complexity index is 986. The molecule has 27 heavy (non-hydrogen) atoms. The van der Waals surface area contributed by atoms with Crippen molar-refractivity contribution in [2.45, 2.75) is 12.3 Å². The van der Waals surface area contributed by atoms with Crippen molar-refractivity contribution in [3.63, 3.8) is 0 Å². The number of nitrogens with zero attached hydrogens (tertiary/aromatic N) is 3. The van der Waals surface area contributed by atoms with Gasteiger partial charge in [-0.15, -0.1) is 0 Å². The highest BCUT2D eigenvalue weighted by Crippen LogP contribution is 2.37. The molecule has 2 aliphatic heterocycles. The number of anilines is 1. The summed E-state index contributed by atoms with van der Waals surface area (Å²) >= 11 is 0. The highest BCUT2D eigenvalue weighted by molar-refractivity contribution is 5.96. The van der Waals surface area contributed by atoms with E-state index in [1.54, 1.807) is 4.90 Å². The minimum Gasteiger partial charge on any atom is -0.486 e. The molecule has 0 bridgehead atoms. The van der Waals surface area contributed by atoms with Gasteiger partial charge in [-0.2, -0.15) is 4.98 Å². The Morgan fingerprint density at radius 2 is 1.81 bits per heavy atom. The molecule has 2 aliphatic rings. The Hall–Kier alpha value is -3.35. The first-order chi connectivity index (χ1) is 13.3. The van der Waals surface area contributed by atoms with Gasteiger partial charge < -0.3 is 18.9 Å². The van der Waals surface area contributed by atoms with Gasteiger partial charge >= 0.3 is 0 Å². The number of ether oxygens (including phenoxy) is 2. The molecule has 0 radical (unpaired) electrons. The predicted octanol–water partition coefficient (Wildman–Crippen LogP) is 3.03. The van der Waals surface area contributed by atoms with Crippen molar-refractivity contribution in [2.75, 3.05) is 24.7 Å². The van der Waals surface area contributed by atoms with Gasteiger partial charge in [0.15, 0.2) is 11.5 Å². The number of hydrogen-bond donors (Lipinski definition) is 0. The molecule has 0 N–H and O–H groups in total. The lowest BCUT2D eigenvalue weighted by molar-refractivity contribution is -0.117. The number of benzene rings is 2. The summed E-state index contributed by atoms with van der Waals surface area (Å²) in [5, 5.41) is 4.06. The second kappa shape index (κ2) is 6.42. The van der Waals surface area contributed by atoms with Crippen molar-refractivity contribution >= 4 is 11.6 Å². The summed E-state index contributed by atoms with van der Waals surface area (Å²) in [5.74, 6) is 2.29. The van der Waals surface area contributed by atoms with Crippen LogP contribution in [0.4, 0.5) is 5.69 Å². The molecular weight excluding hydrogens is 346 g/mol. The fraction of sp³-hybridized carbons (Fsp3) is 0.250. The Morgan fingerprint density at radius 1 is 1.00 bits per heavy atom. The van der Waals surface area contributed by atoms with Crippen LogP contribution in [0.15, 0.2) is 53.1 Å². The summed E-state index contributed by atoms with van der Waals surface area (Å²) in [6, 6.07) is 15.2. The molecule has 1 amide bonds. The molecule has 0 aliphatic carbocycles. The van der Waals surface area contributed by atoms with Crippen LogP contribution in [0.2, 0.25) is 0 Å². The van der Waals surface area contributed by atoms with Crippen molar-refractivity contribution < 1.29 is 18.8 Å². The highest BCUT2D eigenvalue weighted by Gasteiger charge is 2.35. The number of carbonyl (C=O) groups is 1. The van der Waals surface area contributed by atoms with Gasteiger partial charge in [0, 0.05) is 30.3 Å². The topological polar surface area (TPSA) is 77.7 Å². The summed E-state index contributed by atoms with van der Waals surface area (Å²) in [5.41, 5.74) is 1.68. The Labute approximate surface area is 155 Å². The molecule has 7 nitrogen and oxygen atoms in total. The number of rotatable bonds is 3. The first kappa shape index (κ1) is 15.9. The maximum absolute atomic E-state index is 12.6. The lowest BCUT2D eigenvalue weighted by Crippen LogP contribution is -2.24. The average molecular weight is 363 g/mol. The zero-order valence-corrected chi connectivity index (χ0v) is 14.5. The summed E-state index contributed by atoms with van der Waals surface area (Å²) < 4.78 is 16.6. The van der Waals surface area contributed by atoms with E-state index in [1.807, 2.05) is 48.5 Å². The van der Waals surface area contributed by atoms with E-state index in [1.165, 1.54) is 0 Å². The standard InChI is InChI=1S/C20H17N3O4/c24-18-10-14(20-21-19(22-27-20)13-4-2-1-3-5-13)12-23(18)15-6-7-16-17(11-15)26-9-8-25-16/h1-7,11,14H,8-10,12H2/t14-/m1/s1. The lowest BCUT2D eigenvalue weighted by Gasteiger charge is -2.22. The van der Waals surface area contributed by atoms with Crippen LogP contribution < -0.4 is 14.4 Å². The van der Waals surface area contributed by atoms with Gasteiger partial charge in [-0.05, 0) is 12.1 Å². The van der Waals surface area contributed by atoms with Gasteiger partial charge in [-0.3, -0.25) is 4.79 Å². The second-order valence-electron chi connectivity index (χ2n) is 6.56. The van der Waals surface area contributed by atoms with Crippen LogP contribution in [0.1, 0.15) is 18.2 Å². The van der Waals surface area contributed by atoms with Gasteiger partial charge in [0.05, 0.1) is 5.92 Å². The number of hydrogen-bond acceptors (Lipinski definition) is 6. The van der Waals surface area contributed by atoms with Gasteiger partial charge in [0.2, 0.25) is 17.6 Å². The van der Waals surface area contributed by atoms with Crippen LogP contribution >= 0.6 is 0 Å². The number of carbonyl (C=O) groups excluding carboxylic acids is 1. The molecule has 1 fully saturated rings.